The molecule has 0 aromatic rings. The number of nitrogens with one attached hydrogen (secondary N) is 1. The summed E-state index contributed by atoms with van der Waals surface area (Å²) in [6, 6.07) is 0. The number of carboxylic acid groups (broad SMARTS) is 1. The minimum Gasteiger partial charge on any atom is -0.481 e. The average molecular weight is 741 g/mol. The highest BCUT2D eigenvalue weighted by Crippen LogP contribution is 2.76. The number of halogens is 1. The fourth-order valence-electron chi connectivity index (χ4n) is 14.9. The molecule has 10 atom stereocenters. The van der Waals surface area contributed by atoms with E-state index in [4.69, 9.17) is 0 Å². The van der Waals surface area contributed by atoms with Crippen LogP contribution in [-0.2, 0) is 15.5 Å². The zero-order valence-electron chi connectivity index (χ0n) is 33.2. The summed E-state index contributed by atoms with van der Waals surface area (Å²) in [4.78, 5) is 14.5. The Balaban J connectivity index is 1.12. The Bertz CT molecular complexity index is 1570. The van der Waals surface area contributed by atoms with E-state index in [0.717, 1.165) is 45.4 Å². The molecule has 1 unspecified atom stereocenters. The maximum absolute atomic E-state index is 14.0. The molecule has 6 aliphatic carbocycles. The van der Waals surface area contributed by atoms with E-state index in [9.17, 15) is 22.7 Å². The number of aliphatic carboxylic acids is 1. The van der Waals surface area contributed by atoms with E-state index in [1.54, 1.807) is 0 Å². The minimum absolute atomic E-state index is 0.0131. The molecule has 5 fully saturated rings. The van der Waals surface area contributed by atoms with E-state index in [0.29, 0.717) is 42.4 Å². The van der Waals surface area contributed by atoms with Crippen molar-refractivity contribution in [2.45, 2.75) is 142 Å². The second kappa shape index (κ2) is 13.6. The molecular weight excluding hydrogens is 672 g/mol. The van der Waals surface area contributed by atoms with Gasteiger partial charge in [0.15, 0.2) is 0 Å². The normalized spacial score (nSPS) is 44.9. The number of piperidine rings is 1. The number of carbonyl (C=O) groups is 1. The molecular formula is C44H69FN2O4S. The smallest absolute Gasteiger partial charge is 0.312 e. The second-order valence-corrected chi connectivity index (χ2v) is 21.6. The lowest BCUT2D eigenvalue weighted by atomic mass is 9.33. The van der Waals surface area contributed by atoms with Crippen molar-refractivity contribution in [3.05, 3.63) is 35.5 Å². The van der Waals surface area contributed by atoms with Gasteiger partial charge in [0.05, 0.1) is 10.7 Å². The van der Waals surface area contributed by atoms with Gasteiger partial charge in [0, 0.05) is 18.6 Å². The lowest BCUT2D eigenvalue weighted by Crippen LogP contribution is -2.68. The largest absolute Gasteiger partial charge is 0.481 e. The van der Waals surface area contributed by atoms with Gasteiger partial charge < -0.3 is 15.3 Å². The van der Waals surface area contributed by atoms with E-state index < -0.39 is 28.8 Å². The van der Waals surface area contributed by atoms with Gasteiger partial charge in [0.25, 0.3) is 0 Å². The molecule has 8 heteroatoms. The molecule has 1 saturated heterocycles. The molecule has 0 amide bonds. The van der Waals surface area contributed by atoms with Crippen LogP contribution in [0.5, 0.6) is 0 Å². The summed E-state index contributed by atoms with van der Waals surface area (Å²) in [5, 5.41) is 13.9. The summed E-state index contributed by atoms with van der Waals surface area (Å²) in [5.41, 5.74) is 3.67. The molecule has 292 valence electrons. The number of hydrogen-bond donors (Lipinski definition) is 3. The first kappa shape index (κ1) is 38.8. The van der Waals surface area contributed by atoms with Gasteiger partial charge >= 0.3 is 5.97 Å². The van der Waals surface area contributed by atoms with Crippen molar-refractivity contribution in [2.24, 2.45) is 56.7 Å². The van der Waals surface area contributed by atoms with Crippen LogP contribution in [0.15, 0.2) is 35.5 Å². The third-order valence-corrected chi connectivity index (χ3v) is 19.2. The molecule has 0 bridgehead atoms. The first-order valence-corrected chi connectivity index (χ1v) is 22.2. The molecule has 0 aromatic heterocycles. The zero-order valence-corrected chi connectivity index (χ0v) is 34.1. The highest BCUT2D eigenvalue weighted by molar-refractivity contribution is 7.73. The van der Waals surface area contributed by atoms with E-state index in [1.165, 1.54) is 68.1 Å². The number of rotatable bonds is 9. The molecule has 0 aromatic carbocycles. The molecule has 7 aliphatic rings. The molecule has 2 N–H and O–H groups in total. The average Bonchev–Trinajstić information content (AvgIpc) is 3.49. The van der Waals surface area contributed by atoms with Crippen LogP contribution < -0.4 is 5.32 Å². The molecule has 1 aliphatic heterocycles. The van der Waals surface area contributed by atoms with Crippen molar-refractivity contribution < 1.29 is 22.7 Å². The van der Waals surface area contributed by atoms with Gasteiger partial charge in [0.1, 0.15) is 17.4 Å². The van der Waals surface area contributed by atoms with Crippen LogP contribution in [0.1, 0.15) is 131 Å². The molecule has 6 nitrogen and oxygen atoms in total. The first-order valence-electron chi connectivity index (χ1n) is 20.9. The standard InChI is InChI=1S/C44H69FN2O4S/c1-29(2)32-12-21-44(46-24-27-47-25-15-31(16-26-47)52(50)51)23-22-41(6)34(37(32)44)8-9-36-40(5)17-13-33(39(3,4)35(40)14-18-42(36,41)7)30-10-19-43(28-45,20-11-30)38(48)49/h10,13,31-32,34-37,46,52H,1,8-9,11-12,14-28H2,2-7H3,(H,48,49)/t32-,34+,35-,36+,37+,40-,41+,42+,43?,44-/m0/s1. The summed E-state index contributed by atoms with van der Waals surface area (Å²) in [5.74, 6) is 2.06. The van der Waals surface area contributed by atoms with Crippen molar-refractivity contribution in [3.63, 3.8) is 0 Å². The number of thiol groups is 1. The third-order valence-electron chi connectivity index (χ3n) is 18.1. The first-order chi connectivity index (χ1) is 24.5. The Labute approximate surface area is 315 Å². The number of hydrogen-bond acceptors (Lipinski definition) is 5. The van der Waals surface area contributed by atoms with Crippen molar-refractivity contribution in [1.82, 2.24) is 10.2 Å². The van der Waals surface area contributed by atoms with Crippen LogP contribution >= 0.6 is 0 Å². The molecule has 7 rings (SSSR count). The number of fused-ring (bicyclic) bond motifs is 7. The fraction of sp³-hybridized carbons (Fsp3) is 0.841. The van der Waals surface area contributed by atoms with Gasteiger partial charge in [-0.25, -0.2) is 12.8 Å². The van der Waals surface area contributed by atoms with Crippen molar-refractivity contribution >= 4 is 16.7 Å². The van der Waals surface area contributed by atoms with Gasteiger partial charge in [0.2, 0.25) is 0 Å². The van der Waals surface area contributed by atoms with Gasteiger partial charge in [-0.05, 0) is 172 Å². The van der Waals surface area contributed by atoms with Gasteiger partial charge in [-0.1, -0.05) is 58.9 Å². The van der Waals surface area contributed by atoms with E-state index >= 15 is 0 Å². The molecule has 1 heterocycles. The highest BCUT2D eigenvalue weighted by atomic mass is 32.2. The lowest BCUT2D eigenvalue weighted by molar-refractivity contribution is -0.221. The number of nitrogens with zero attached hydrogens (tertiary/aromatic N) is 1. The predicted molar refractivity (Wildman–Crippen MR) is 208 cm³/mol. The van der Waals surface area contributed by atoms with Crippen LogP contribution in [0, 0.1) is 56.7 Å². The van der Waals surface area contributed by atoms with Gasteiger partial charge in [-0.3, -0.25) is 4.79 Å². The van der Waals surface area contributed by atoms with Crippen LogP contribution in [-0.4, -0.2) is 68.0 Å². The number of carboxylic acids is 1. The third kappa shape index (κ3) is 5.79. The SMILES string of the molecule is C=C(C)[C@@H]1CC[C@]2(NCCN3CCC([SH](=O)=O)CC3)CC[C@]3(C)[C@H](CC[C@@H]4[C@@]5(C)CC=C(C6=CCC(CF)(C(=O)O)CC6)C(C)(C)[C@@H]5CC[C@]43C)[C@@H]12. The van der Waals surface area contributed by atoms with E-state index in [1.807, 2.05) is 0 Å². The maximum atomic E-state index is 14.0. The quantitative estimate of drug-likeness (QED) is 0.162. The summed E-state index contributed by atoms with van der Waals surface area (Å²) in [6.45, 7) is 22.8. The van der Waals surface area contributed by atoms with Crippen LogP contribution in [0.2, 0.25) is 0 Å². The van der Waals surface area contributed by atoms with Crippen LogP contribution in [0.4, 0.5) is 4.39 Å². The Morgan fingerprint density at radius 1 is 0.923 bits per heavy atom. The summed E-state index contributed by atoms with van der Waals surface area (Å²) >= 11 is 0. The van der Waals surface area contributed by atoms with Crippen molar-refractivity contribution in [2.75, 3.05) is 32.9 Å². The van der Waals surface area contributed by atoms with E-state index in [2.05, 4.69) is 70.5 Å². The monoisotopic (exact) mass is 740 g/mol. The minimum atomic E-state index is -2.31. The number of allylic oxidation sites excluding steroid dienone is 5. The number of likely N-dealkylation sites (tertiary alicyclic amines) is 1. The van der Waals surface area contributed by atoms with Crippen LogP contribution in [0.3, 0.4) is 0 Å². The lowest BCUT2D eigenvalue weighted by Gasteiger charge is -2.72. The summed E-state index contributed by atoms with van der Waals surface area (Å²) < 4.78 is 37.1. The Kier molecular flexibility index (Phi) is 10.1. The Hall–Kier alpha value is -1.51. The van der Waals surface area contributed by atoms with E-state index in [-0.39, 0.29) is 38.9 Å². The summed E-state index contributed by atoms with van der Waals surface area (Å²) in [6.07, 6.45) is 18.6. The van der Waals surface area contributed by atoms with Crippen molar-refractivity contribution in [3.8, 4) is 0 Å². The Morgan fingerprint density at radius 3 is 2.27 bits per heavy atom. The second-order valence-electron chi connectivity index (χ2n) is 20.3. The molecule has 4 saturated carbocycles. The molecule has 52 heavy (non-hydrogen) atoms. The highest BCUT2D eigenvalue weighted by Gasteiger charge is 2.70. The molecule has 0 spiro atoms. The van der Waals surface area contributed by atoms with Crippen LogP contribution in [0.25, 0.3) is 0 Å². The van der Waals surface area contributed by atoms with Gasteiger partial charge in [-0.2, -0.15) is 0 Å². The zero-order chi connectivity index (χ0) is 37.5. The van der Waals surface area contributed by atoms with Crippen molar-refractivity contribution in [1.29, 1.82) is 0 Å². The molecule has 0 radical (unpaired) electrons. The maximum Gasteiger partial charge on any atom is 0.312 e. The number of alkyl halides is 1. The fourth-order valence-corrected chi connectivity index (χ4v) is 15.6. The topological polar surface area (TPSA) is 86.7 Å². The summed E-state index contributed by atoms with van der Waals surface area (Å²) in [7, 11) is -2.31. The van der Waals surface area contributed by atoms with Gasteiger partial charge in [-0.15, -0.1) is 0 Å². The Morgan fingerprint density at radius 2 is 1.65 bits per heavy atom. The predicted octanol–water partition coefficient (Wildman–Crippen LogP) is 8.75.